The summed E-state index contributed by atoms with van der Waals surface area (Å²) in [5.41, 5.74) is 0.708. The van der Waals surface area contributed by atoms with Gasteiger partial charge in [-0.05, 0) is 43.2 Å². The van der Waals surface area contributed by atoms with E-state index >= 15 is 0 Å². The maximum atomic E-state index is 14.1. The minimum absolute atomic E-state index is 0.0234. The molecule has 2 aromatic heterocycles. The van der Waals surface area contributed by atoms with Crippen LogP contribution in [-0.2, 0) is 6.18 Å². The van der Waals surface area contributed by atoms with E-state index in [0.29, 0.717) is 37.6 Å². The van der Waals surface area contributed by atoms with Gasteiger partial charge in [-0.1, -0.05) is 41.9 Å². The molecular formula is C22H16ClF3N4O. The second-order valence-electron chi connectivity index (χ2n) is 6.99. The number of carbonyl (C=O) groups is 1. The van der Waals surface area contributed by atoms with Crippen molar-refractivity contribution in [1.82, 2.24) is 14.6 Å². The highest BCUT2D eigenvalue weighted by atomic mass is 35.5. The Morgan fingerprint density at radius 1 is 1.10 bits per heavy atom. The molecule has 0 saturated carbocycles. The molecule has 0 fully saturated rings. The number of aryl methyl sites for hydroxylation is 2. The van der Waals surface area contributed by atoms with Crippen molar-refractivity contribution >= 4 is 28.8 Å². The van der Waals surface area contributed by atoms with Gasteiger partial charge in [0.2, 0.25) is 0 Å². The number of nitrogens with one attached hydrogen (secondary N) is 1. The lowest BCUT2D eigenvalue weighted by Gasteiger charge is -2.15. The van der Waals surface area contributed by atoms with E-state index in [1.54, 1.807) is 56.3 Å². The van der Waals surface area contributed by atoms with Crippen molar-refractivity contribution in [3.8, 4) is 11.1 Å². The summed E-state index contributed by atoms with van der Waals surface area (Å²) in [4.78, 5) is 17.0. The molecule has 5 nitrogen and oxygen atoms in total. The van der Waals surface area contributed by atoms with Crippen LogP contribution in [-0.4, -0.2) is 20.5 Å². The molecular weight excluding hydrogens is 429 g/mol. The number of halogens is 4. The molecule has 31 heavy (non-hydrogen) atoms. The molecule has 4 aromatic rings. The first-order valence-electron chi connectivity index (χ1n) is 9.25. The van der Waals surface area contributed by atoms with Gasteiger partial charge in [0.1, 0.15) is 0 Å². The highest BCUT2D eigenvalue weighted by Gasteiger charge is 2.40. The minimum Gasteiger partial charge on any atom is -0.322 e. The Kier molecular flexibility index (Phi) is 5.18. The number of carbonyl (C=O) groups excluding carboxylic acids is 1. The summed E-state index contributed by atoms with van der Waals surface area (Å²) in [5, 5.41) is 7.03. The van der Waals surface area contributed by atoms with Gasteiger partial charge >= 0.3 is 6.18 Å². The highest BCUT2D eigenvalue weighted by Crippen LogP contribution is 2.35. The van der Waals surface area contributed by atoms with Crippen molar-refractivity contribution in [2.24, 2.45) is 0 Å². The molecule has 0 aliphatic carbocycles. The molecule has 0 aliphatic heterocycles. The van der Waals surface area contributed by atoms with E-state index in [2.05, 4.69) is 15.4 Å². The third-order valence-corrected chi connectivity index (χ3v) is 5.07. The van der Waals surface area contributed by atoms with Crippen LogP contribution >= 0.6 is 11.6 Å². The van der Waals surface area contributed by atoms with Gasteiger partial charge in [-0.2, -0.15) is 18.3 Å². The van der Waals surface area contributed by atoms with E-state index in [-0.39, 0.29) is 5.65 Å². The minimum atomic E-state index is -4.84. The maximum absolute atomic E-state index is 14.1. The third kappa shape index (κ3) is 3.86. The number of benzene rings is 2. The van der Waals surface area contributed by atoms with Crippen molar-refractivity contribution in [2.45, 2.75) is 20.0 Å². The van der Waals surface area contributed by atoms with Crippen LogP contribution in [0.5, 0.6) is 0 Å². The zero-order chi connectivity index (χ0) is 22.3. The SMILES string of the molecule is Cc1cc(Cl)ccc1NC(=O)c1cnc2c(-c3ccccc3)c(C)nn2c1C(F)(F)F. The molecule has 158 valence electrons. The quantitative estimate of drug-likeness (QED) is 0.425. The van der Waals surface area contributed by atoms with Gasteiger partial charge in [-0.15, -0.1) is 0 Å². The fourth-order valence-corrected chi connectivity index (χ4v) is 3.66. The largest absolute Gasteiger partial charge is 0.434 e. The van der Waals surface area contributed by atoms with Crippen molar-refractivity contribution < 1.29 is 18.0 Å². The molecule has 2 heterocycles. The van der Waals surface area contributed by atoms with Gasteiger partial charge in [-0.25, -0.2) is 9.50 Å². The smallest absolute Gasteiger partial charge is 0.322 e. The summed E-state index contributed by atoms with van der Waals surface area (Å²) >= 11 is 5.91. The predicted molar refractivity (Wildman–Crippen MR) is 112 cm³/mol. The molecule has 1 N–H and O–H groups in total. The Morgan fingerprint density at radius 2 is 1.81 bits per heavy atom. The van der Waals surface area contributed by atoms with Crippen molar-refractivity contribution in [3.05, 3.63) is 82.3 Å². The van der Waals surface area contributed by atoms with E-state index in [1.807, 2.05) is 0 Å². The first-order chi connectivity index (χ1) is 14.7. The van der Waals surface area contributed by atoms with Crippen LogP contribution in [0.4, 0.5) is 18.9 Å². The molecule has 0 unspecified atom stereocenters. The lowest BCUT2D eigenvalue weighted by molar-refractivity contribution is -0.143. The first-order valence-corrected chi connectivity index (χ1v) is 9.63. The van der Waals surface area contributed by atoms with E-state index in [1.165, 1.54) is 6.07 Å². The van der Waals surface area contributed by atoms with E-state index in [0.717, 1.165) is 6.20 Å². The molecule has 9 heteroatoms. The Hall–Kier alpha value is -3.39. The third-order valence-electron chi connectivity index (χ3n) is 4.83. The van der Waals surface area contributed by atoms with Crippen LogP contribution in [0, 0.1) is 13.8 Å². The zero-order valence-corrected chi connectivity index (χ0v) is 17.2. The molecule has 0 saturated heterocycles. The standard InChI is InChI=1S/C22H16ClF3N4O/c1-12-10-15(23)8-9-17(12)28-21(31)16-11-27-20-18(14-6-4-3-5-7-14)13(2)29-30(20)19(16)22(24,25)26/h3-11H,1-2H3,(H,28,31). The average molecular weight is 445 g/mol. The van der Waals surface area contributed by atoms with E-state index in [9.17, 15) is 18.0 Å². The molecule has 0 radical (unpaired) electrons. The summed E-state index contributed by atoms with van der Waals surface area (Å²) in [6.45, 7) is 3.30. The average Bonchev–Trinajstić information content (AvgIpc) is 3.04. The van der Waals surface area contributed by atoms with E-state index < -0.39 is 23.3 Å². The number of nitrogens with zero attached hydrogens (tertiary/aromatic N) is 3. The fraction of sp³-hybridized carbons (Fsp3) is 0.136. The molecule has 2 aromatic carbocycles. The summed E-state index contributed by atoms with van der Waals surface area (Å²) < 4.78 is 42.9. The summed E-state index contributed by atoms with van der Waals surface area (Å²) in [6.07, 6.45) is -3.90. The van der Waals surface area contributed by atoms with Gasteiger partial charge in [0, 0.05) is 22.5 Å². The van der Waals surface area contributed by atoms with Crippen LogP contribution in [0.25, 0.3) is 16.8 Å². The fourth-order valence-electron chi connectivity index (χ4n) is 3.43. The van der Waals surface area contributed by atoms with Crippen LogP contribution in [0.15, 0.2) is 54.7 Å². The van der Waals surface area contributed by atoms with Crippen molar-refractivity contribution in [3.63, 3.8) is 0 Å². The van der Waals surface area contributed by atoms with Gasteiger partial charge in [0.15, 0.2) is 11.3 Å². The molecule has 1 amide bonds. The van der Waals surface area contributed by atoms with Crippen LogP contribution in [0.3, 0.4) is 0 Å². The second kappa shape index (κ2) is 7.70. The molecule has 0 atom stereocenters. The molecule has 0 spiro atoms. The lowest BCUT2D eigenvalue weighted by atomic mass is 10.1. The van der Waals surface area contributed by atoms with Crippen LogP contribution in [0.1, 0.15) is 27.3 Å². The number of anilines is 1. The topological polar surface area (TPSA) is 59.3 Å². The van der Waals surface area contributed by atoms with Gasteiger partial charge in [0.05, 0.1) is 11.3 Å². The maximum Gasteiger partial charge on any atom is 0.434 e. The first kappa shape index (κ1) is 20.9. The van der Waals surface area contributed by atoms with Crippen LogP contribution < -0.4 is 5.32 Å². The van der Waals surface area contributed by atoms with Gasteiger partial charge in [-0.3, -0.25) is 4.79 Å². The van der Waals surface area contributed by atoms with Crippen LogP contribution in [0.2, 0.25) is 5.02 Å². The molecule has 0 aliphatic rings. The summed E-state index contributed by atoms with van der Waals surface area (Å²) in [5.74, 6) is -0.943. The second-order valence-corrected chi connectivity index (χ2v) is 7.43. The normalized spacial score (nSPS) is 11.7. The number of alkyl halides is 3. The predicted octanol–water partition coefficient (Wildman–Crippen LogP) is 5.94. The Labute approximate surface area is 180 Å². The van der Waals surface area contributed by atoms with Gasteiger partial charge < -0.3 is 5.32 Å². The molecule has 0 bridgehead atoms. The zero-order valence-electron chi connectivity index (χ0n) is 16.5. The lowest BCUT2D eigenvalue weighted by Crippen LogP contribution is -2.23. The number of fused-ring (bicyclic) bond motifs is 1. The number of amides is 1. The Bertz CT molecular complexity index is 1300. The van der Waals surface area contributed by atoms with Crippen molar-refractivity contribution in [2.75, 3.05) is 5.32 Å². The summed E-state index contributed by atoms with van der Waals surface area (Å²) in [7, 11) is 0. The van der Waals surface area contributed by atoms with Crippen molar-refractivity contribution in [1.29, 1.82) is 0 Å². The number of hydrogen-bond donors (Lipinski definition) is 1. The molecule has 4 rings (SSSR count). The monoisotopic (exact) mass is 444 g/mol. The van der Waals surface area contributed by atoms with E-state index in [4.69, 9.17) is 11.6 Å². The highest BCUT2D eigenvalue weighted by molar-refractivity contribution is 6.30. The Balaban J connectivity index is 1.87. The van der Waals surface area contributed by atoms with Gasteiger partial charge in [0.25, 0.3) is 5.91 Å². The number of hydrogen-bond acceptors (Lipinski definition) is 3. The summed E-state index contributed by atoms with van der Waals surface area (Å²) in [6, 6.07) is 13.6. The Morgan fingerprint density at radius 3 is 2.45 bits per heavy atom. The number of aromatic nitrogens is 3. The number of rotatable bonds is 3.